The number of benzene rings is 3. The Labute approximate surface area is 160 Å². The molecule has 1 radical (unpaired) electrons. The summed E-state index contributed by atoms with van der Waals surface area (Å²) in [6.07, 6.45) is 3.60. The van der Waals surface area contributed by atoms with E-state index in [0.717, 1.165) is 0 Å². The maximum atomic E-state index is 3.43. The van der Waals surface area contributed by atoms with Gasteiger partial charge in [-0.05, 0) is 53.3 Å². The lowest BCUT2D eigenvalue weighted by Crippen LogP contribution is -2.44. The SMILES string of the molecule is [CH]1Nc2ccccc2N1C1CCN(C2Cc3cccc4cccc2c34)CC1. The van der Waals surface area contributed by atoms with Gasteiger partial charge in [0.05, 0.1) is 11.4 Å². The van der Waals surface area contributed by atoms with Crippen LogP contribution in [0.4, 0.5) is 11.4 Å². The van der Waals surface area contributed by atoms with Crippen molar-refractivity contribution < 1.29 is 0 Å². The molecule has 0 spiro atoms. The standard InChI is InChI=1S/C24H24N3/c1-2-10-22-21(9-1)25-16-27(22)19-11-13-26(14-12-19)23-15-18-7-3-5-17-6-4-8-20(23)24(17)18/h1-10,16,19,23,25H,11-15H2. The van der Waals surface area contributed by atoms with E-state index in [1.165, 1.54) is 60.1 Å². The zero-order valence-corrected chi connectivity index (χ0v) is 15.4. The topological polar surface area (TPSA) is 18.5 Å². The van der Waals surface area contributed by atoms with E-state index in [9.17, 15) is 0 Å². The second-order valence-electron chi connectivity index (χ2n) is 8.05. The molecular weight excluding hydrogens is 330 g/mol. The maximum absolute atomic E-state index is 3.43. The van der Waals surface area contributed by atoms with Gasteiger partial charge in [0.15, 0.2) is 0 Å². The van der Waals surface area contributed by atoms with Crippen LogP contribution in [0.5, 0.6) is 0 Å². The van der Waals surface area contributed by atoms with Gasteiger partial charge in [-0.2, -0.15) is 0 Å². The van der Waals surface area contributed by atoms with E-state index in [1.807, 2.05) is 0 Å². The lowest BCUT2D eigenvalue weighted by atomic mass is 9.98. The normalized spacial score (nSPS) is 22.2. The molecular formula is C24H24N3. The highest BCUT2D eigenvalue weighted by Gasteiger charge is 2.34. The summed E-state index contributed by atoms with van der Waals surface area (Å²) in [5.74, 6) is 0. The van der Waals surface area contributed by atoms with Crippen LogP contribution in [0.2, 0.25) is 0 Å². The first-order chi connectivity index (χ1) is 13.4. The first-order valence-electron chi connectivity index (χ1n) is 10.1. The van der Waals surface area contributed by atoms with Crippen LogP contribution in [-0.2, 0) is 6.42 Å². The molecule has 1 N–H and O–H groups in total. The monoisotopic (exact) mass is 354 g/mol. The van der Waals surface area contributed by atoms with Gasteiger partial charge in [0.1, 0.15) is 6.67 Å². The van der Waals surface area contributed by atoms with E-state index in [0.29, 0.717) is 12.1 Å². The zero-order valence-electron chi connectivity index (χ0n) is 15.4. The van der Waals surface area contributed by atoms with Crippen molar-refractivity contribution in [2.24, 2.45) is 0 Å². The number of piperidine rings is 1. The highest BCUT2D eigenvalue weighted by molar-refractivity contribution is 5.91. The molecule has 1 fully saturated rings. The van der Waals surface area contributed by atoms with Crippen molar-refractivity contribution in [2.75, 3.05) is 23.3 Å². The zero-order chi connectivity index (χ0) is 17.8. The number of rotatable bonds is 2. The molecule has 1 atom stereocenters. The van der Waals surface area contributed by atoms with E-state index in [1.54, 1.807) is 5.56 Å². The van der Waals surface area contributed by atoms with Gasteiger partial charge in [-0.1, -0.05) is 48.5 Å². The number of nitrogens with one attached hydrogen (secondary N) is 1. The third kappa shape index (κ3) is 2.38. The number of para-hydroxylation sites is 2. The minimum atomic E-state index is 0.556. The predicted octanol–water partition coefficient (Wildman–Crippen LogP) is 4.95. The minimum Gasteiger partial charge on any atom is -0.360 e. The Bertz CT molecular complexity index is 998. The highest BCUT2D eigenvalue weighted by atomic mass is 15.3. The summed E-state index contributed by atoms with van der Waals surface area (Å²) in [5, 5.41) is 6.34. The molecule has 0 aromatic heterocycles. The number of anilines is 2. The first-order valence-corrected chi connectivity index (χ1v) is 10.1. The Morgan fingerprint density at radius 1 is 0.852 bits per heavy atom. The van der Waals surface area contributed by atoms with Crippen LogP contribution in [0.1, 0.15) is 30.0 Å². The van der Waals surface area contributed by atoms with Crippen molar-refractivity contribution in [1.82, 2.24) is 4.90 Å². The van der Waals surface area contributed by atoms with Crippen LogP contribution in [-0.4, -0.2) is 24.0 Å². The van der Waals surface area contributed by atoms with Gasteiger partial charge in [0, 0.05) is 25.2 Å². The molecule has 1 unspecified atom stereocenters. The maximum Gasteiger partial charge on any atom is 0.139 e. The van der Waals surface area contributed by atoms with Gasteiger partial charge in [-0.25, -0.2) is 0 Å². The van der Waals surface area contributed by atoms with Gasteiger partial charge < -0.3 is 10.2 Å². The quantitative estimate of drug-likeness (QED) is 0.702. The Kier molecular flexibility index (Phi) is 3.45. The Morgan fingerprint density at radius 2 is 1.67 bits per heavy atom. The molecule has 3 nitrogen and oxygen atoms in total. The predicted molar refractivity (Wildman–Crippen MR) is 112 cm³/mol. The smallest absolute Gasteiger partial charge is 0.139 e. The Morgan fingerprint density at radius 3 is 2.56 bits per heavy atom. The van der Waals surface area contributed by atoms with Gasteiger partial charge in [-0.3, -0.25) is 4.90 Å². The third-order valence-electron chi connectivity index (χ3n) is 6.67. The number of fused-ring (bicyclic) bond motifs is 1. The Hall–Kier alpha value is -2.52. The van der Waals surface area contributed by atoms with E-state index in [-0.39, 0.29) is 0 Å². The molecule has 2 heterocycles. The van der Waals surface area contributed by atoms with Crippen molar-refractivity contribution in [1.29, 1.82) is 0 Å². The van der Waals surface area contributed by atoms with Crippen molar-refractivity contribution in [2.45, 2.75) is 31.3 Å². The third-order valence-corrected chi connectivity index (χ3v) is 6.67. The number of nitrogens with zero attached hydrogens (tertiary/aromatic N) is 2. The van der Waals surface area contributed by atoms with Gasteiger partial charge in [0.25, 0.3) is 0 Å². The fraction of sp³-hybridized carbons (Fsp3) is 0.292. The lowest BCUT2D eigenvalue weighted by Gasteiger charge is -2.40. The molecule has 6 rings (SSSR count). The summed E-state index contributed by atoms with van der Waals surface area (Å²) < 4.78 is 0. The van der Waals surface area contributed by atoms with Gasteiger partial charge >= 0.3 is 0 Å². The summed E-state index contributed by atoms with van der Waals surface area (Å²) in [7, 11) is 0. The first kappa shape index (κ1) is 15.5. The van der Waals surface area contributed by atoms with Crippen molar-refractivity contribution in [3.05, 3.63) is 78.5 Å². The average Bonchev–Trinajstić information content (AvgIpc) is 3.32. The fourth-order valence-corrected chi connectivity index (χ4v) is 5.35. The molecule has 3 aromatic rings. The molecule has 1 saturated heterocycles. The average molecular weight is 354 g/mol. The Balaban J connectivity index is 1.21. The van der Waals surface area contributed by atoms with E-state index < -0.39 is 0 Å². The van der Waals surface area contributed by atoms with Gasteiger partial charge in [-0.15, -0.1) is 0 Å². The summed E-state index contributed by atoms with van der Waals surface area (Å²) >= 11 is 0. The van der Waals surface area contributed by atoms with Gasteiger partial charge in [0.2, 0.25) is 0 Å². The molecule has 2 aliphatic heterocycles. The van der Waals surface area contributed by atoms with Crippen LogP contribution in [0.25, 0.3) is 10.8 Å². The molecule has 3 aromatic carbocycles. The molecule has 135 valence electrons. The van der Waals surface area contributed by atoms with E-state index in [2.05, 4.69) is 82.4 Å². The molecule has 3 aliphatic rings. The molecule has 1 aliphatic carbocycles. The lowest BCUT2D eigenvalue weighted by molar-refractivity contribution is 0.155. The van der Waals surface area contributed by atoms with Crippen LogP contribution < -0.4 is 10.2 Å². The second-order valence-corrected chi connectivity index (χ2v) is 8.05. The summed E-state index contributed by atoms with van der Waals surface area (Å²) in [6, 6.07) is 23.4. The fourth-order valence-electron chi connectivity index (χ4n) is 5.35. The summed E-state index contributed by atoms with van der Waals surface area (Å²) in [4.78, 5) is 5.18. The molecule has 0 amide bonds. The minimum absolute atomic E-state index is 0.556. The van der Waals surface area contributed by atoms with Crippen molar-refractivity contribution in [3.8, 4) is 0 Å². The van der Waals surface area contributed by atoms with Crippen LogP contribution >= 0.6 is 0 Å². The molecule has 0 bridgehead atoms. The summed E-state index contributed by atoms with van der Waals surface area (Å²) in [5.41, 5.74) is 5.63. The van der Waals surface area contributed by atoms with Crippen LogP contribution in [0.3, 0.4) is 0 Å². The second kappa shape index (κ2) is 6.00. The van der Waals surface area contributed by atoms with Crippen LogP contribution in [0.15, 0.2) is 60.7 Å². The van der Waals surface area contributed by atoms with E-state index >= 15 is 0 Å². The van der Waals surface area contributed by atoms with E-state index in [4.69, 9.17) is 0 Å². The number of likely N-dealkylation sites (tertiary alicyclic amines) is 1. The molecule has 0 saturated carbocycles. The molecule has 27 heavy (non-hydrogen) atoms. The van der Waals surface area contributed by atoms with Crippen molar-refractivity contribution >= 4 is 22.1 Å². The molecule has 3 heteroatoms. The summed E-state index contributed by atoms with van der Waals surface area (Å²) in [6.45, 7) is 4.51. The number of hydrogen-bond donors (Lipinski definition) is 1. The van der Waals surface area contributed by atoms with Crippen molar-refractivity contribution in [3.63, 3.8) is 0 Å². The largest absolute Gasteiger partial charge is 0.360 e. The number of hydrogen-bond acceptors (Lipinski definition) is 3. The van der Waals surface area contributed by atoms with Crippen LogP contribution in [0, 0.1) is 6.67 Å². The highest BCUT2D eigenvalue weighted by Crippen LogP contribution is 2.42.